The predicted octanol–water partition coefficient (Wildman–Crippen LogP) is 5.61. The van der Waals surface area contributed by atoms with Crippen LogP contribution in [0.4, 0.5) is 13.2 Å². The van der Waals surface area contributed by atoms with Crippen LogP contribution in [0.15, 0.2) is 18.2 Å². The Labute approximate surface area is 126 Å². The Morgan fingerprint density at radius 2 is 1.76 bits per heavy atom. The average Bonchev–Trinajstić information content (AvgIpc) is 2.60. The zero-order valence-electron chi connectivity index (χ0n) is 11.5. The highest BCUT2D eigenvalue weighted by molar-refractivity contribution is 7.71. The molecule has 6 heteroatoms. The molecule has 0 bridgehead atoms. The number of fused-ring (bicyclic) bond motifs is 1. The molecule has 1 fully saturated rings. The fraction of sp³-hybridized carbons (Fsp3) is 0.533. The van der Waals surface area contributed by atoms with Gasteiger partial charge in [0.05, 0.1) is 16.6 Å². The molecule has 0 amide bonds. The highest BCUT2D eigenvalue weighted by atomic mass is 32.1. The van der Waals surface area contributed by atoms with Crippen LogP contribution in [0.2, 0.25) is 0 Å². The van der Waals surface area contributed by atoms with E-state index in [1.807, 2.05) is 4.57 Å². The molecule has 0 unspecified atom stereocenters. The molecular formula is C15H17F3N2S. The zero-order chi connectivity index (χ0) is 15.0. The van der Waals surface area contributed by atoms with Crippen LogP contribution >= 0.6 is 12.2 Å². The third kappa shape index (κ3) is 2.86. The molecule has 1 saturated carbocycles. The van der Waals surface area contributed by atoms with E-state index < -0.39 is 11.7 Å². The Kier molecular flexibility index (Phi) is 3.82. The number of benzene rings is 1. The molecule has 21 heavy (non-hydrogen) atoms. The van der Waals surface area contributed by atoms with Gasteiger partial charge < -0.3 is 9.55 Å². The van der Waals surface area contributed by atoms with Crippen molar-refractivity contribution in [3.8, 4) is 0 Å². The van der Waals surface area contributed by atoms with E-state index in [1.165, 1.54) is 18.9 Å². The number of hydrogen-bond donors (Lipinski definition) is 1. The lowest BCUT2D eigenvalue weighted by Crippen LogP contribution is -2.08. The molecular weight excluding hydrogens is 297 g/mol. The molecule has 1 aromatic heterocycles. The quantitative estimate of drug-likeness (QED) is 0.536. The average molecular weight is 314 g/mol. The highest BCUT2D eigenvalue weighted by Gasteiger charge is 2.31. The van der Waals surface area contributed by atoms with E-state index in [1.54, 1.807) is 0 Å². The van der Waals surface area contributed by atoms with E-state index in [0.717, 1.165) is 43.3 Å². The standard InChI is InChI=1S/C15H17F3N2S/c16-15(17,18)10-7-8-13-12(9-10)19-14(21)20(13)11-5-3-1-2-4-6-11/h7-9,11H,1-6H2,(H,19,21). The van der Waals surface area contributed by atoms with E-state index in [2.05, 4.69) is 4.98 Å². The Bertz CT molecular complexity index is 691. The molecule has 3 rings (SSSR count). The van der Waals surface area contributed by atoms with Gasteiger partial charge in [0, 0.05) is 6.04 Å². The number of alkyl halides is 3. The Balaban J connectivity index is 2.07. The van der Waals surface area contributed by atoms with E-state index >= 15 is 0 Å². The fourth-order valence-electron chi connectivity index (χ4n) is 3.19. The first kappa shape index (κ1) is 14.6. The summed E-state index contributed by atoms with van der Waals surface area (Å²) < 4.78 is 40.9. The van der Waals surface area contributed by atoms with Crippen molar-refractivity contribution in [1.82, 2.24) is 9.55 Å². The number of rotatable bonds is 1. The van der Waals surface area contributed by atoms with Gasteiger partial charge in [0.1, 0.15) is 0 Å². The molecule has 0 spiro atoms. The van der Waals surface area contributed by atoms with E-state index in [0.29, 0.717) is 16.3 Å². The summed E-state index contributed by atoms with van der Waals surface area (Å²) in [6, 6.07) is 4.12. The number of aromatic amines is 1. The van der Waals surface area contributed by atoms with Crippen LogP contribution in [0.5, 0.6) is 0 Å². The second-order valence-corrected chi connectivity index (χ2v) is 6.06. The zero-order valence-corrected chi connectivity index (χ0v) is 12.4. The first-order valence-electron chi connectivity index (χ1n) is 7.28. The predicted molar refractivity (Wildman–Crippen MR) is 78.9 cm³/mol. The third-order valence-electron chi connectivity index (χ3n) is 4.23. The van der Waals surface area contributed by atoms with Gasteiger partial charge in [-0.05, 0) is 43.3 Å². The number of hydrogen-bond acceptors (Lipinski definition) is 1. The molecule has 0 atom stereocenters. The summed E-state index contributed by atoms with van der Waals surface area (Å²) >= 11 is 5.34. The van der Waals surface area contributed by atoms with Crippen LogP contribution in [-0.2, 0) is 6.18 Å². The number of aromatic nitrogens is 2. The van der Waals surface area contributed by atoms with Crippen molar-refractivity contribution in [3.63, 3.8) is 0 Å². The minimum absolute atomic E-state index is 0.297. The maximum Gasteiger partial charge on any atom is 0.416 e. The van der Waals surface area contributed by atoms with Crippen molar-refractivity contribution >= 4 is 23.3 Å². The molecule has 114 valence electrons. The van der Waals surface area contributed by atoms with Crippen molar-refractivity contribution in [2.24, 2.45) is 0 Å². The first-order chi connectivity index (χ1) is 9.97. The minimum atomic E-state index is -4.33. The maximum atomic E-state index is 12.8. The smallest absolute Gasteiger partial charge is 0.331 e. The van der Waals surface area contributed by atoms with Crippen molar-refractivity contribution in [2.75, 3.05) is 0 Å². The number of H-pyrrole nitrogens is 1. The van der Waals surface area contributed by atoms with Gasteiger partial charge in [-0.25, -0.2) is 0 Å². The number of halogens is 3. The normalized spacial score (nSPS) is 18.0. The molecule has 1 heterocycles. The van der Waals surface area contributed by atoms with Crippen LogP contribution in [0.25, 0.3) is 11.0 Å². The molecule has 1 aromatic carbocycles. The number of nitrogens with zero attached hydrogens (tertiary/aromatic N) is 1. The maximum absolute atomic E-state index is 12.8. The summed E-state index contributed by atoms with van der Waals surface area (Å²) in [5.74, 6) is 0. The lowest BCUT2D eigenvalue weighted by atomic mass is 10.1. The monoisotopic (exact) mass is 314 g/mol. The second-order valence-electron chi connectivity index (χ2n) is 5.68. The third-order valence-corrected chi connectivity index (χ3v) is 4.53. The summed E-state index contributed by atoms with van der Waals surface area (Å²) in [7, 11) is 0. The molecule has 1 aliphatic carbocycles. The van der Waals surface area contributed by atoms with E-state index in [-0.39, 0.29) is 0 Å². The minimum Gasteiger partial charge on any atom is -0.331 e. The van der Waals surface area contributed by atoms with Gasteiger partial charge in [0.15, 0.2) is 4.77 Å². The van der Waals surface area contributed by atoms with Gasteiger partial charge in [-0.1, -0.05) is 25.7 Å². The lowest BCUT2D eigenvalue weighted by Gasteiger charge is -2.17. The molecule has 1 N–H and O–H groups in total. The summed E-state index contributed by atoms with van der Waals surface area (Å²) in [5.41, 5.74) is 0.609. The molecule has 1 aliphatic rings. The summed E-state index contributed by atoms with van der Waals surface area (Å²) in [6.45, 7) is 0. The van der Waals surface area contributed by atoms with Crippen molar-refractivity contribution in [3.05, 3.63) is 28.5 Å². The number of nitrogens with one attached hydrogen (secondary N) is 1. The molecule has 0 saturated heterocycles. The van der Waals surface area contributed by atoms with Gasteiger partial charge in [-0.15, -0.1) is 0 Å². The number of imidazole rings is 1. The largest absolute Gasteiger partial charge is 0.416 e. The Morgan fingerprint density at radius 1 is 1.10 bits per heavy atom. The van der Waals surface area contributed by atoms with Crippen LogP contribution in [-0.4, -0.2) is 9.55 Å². The van der Waals surface area contributed by atoms with Crippen molar-refractivity contribution in [2.45, 2.75) is 50.7 Å². The SMILES string of the molecule is FC(F)(F)c1ccc2c(c1)[nH]c(=S)n2C1CCCCCC1. The molecule has 2 aromatic rings. The van der Waals surface area contributed by atoms with Gasteiger partial charge >= 0.3 is 6.18 Å². The molecule has 0 radical (unpaired) electrons. The van der Waals surface area contributed by atoms with E-state index in [4.69, 9.17) is 12.2 Å². The molecule has 0 aliphatic heterocycles. The van der Waals surface area contributed by atoms with Crippen LogP contribution in [0, 0.1) is 4.77 Å². The van der Waals surface area contributed by atoms with Crippen LogP contribution < -0.4 is 0 Å². The second kappa shape index (κ2) is 5.48. The van der Waals surface area contributed by atoms with Crippen molar-refractivity contribution < 1.29 is 13.2 Å². The van der Waals surface area contributed by atoms with Gasteiger partial charge in [-0.3, -0.25) is 0 Å². The molecule has 2 nitrogen and oxygen atoms in total. The highest BCUT2D eigenvalue weighted by Crippen LogP contribution is 2.34. The van der Waals surface area contributed by atoms with Crippen LogP contribution in [0.1, 0.15) is 50.1 Å². The van der Waals surface area contributed by atoms with E-state index in [9.17, 15) is 13.2 Å². The first-order valence-corrected chi connectivity index (χ1v) is 7.69. The van der Waals surface area contributed by atoms with Gasteiger partial charge in [0.25, 0.3) is 0 Å². The van der Waals surface area contributed by atoms with Crippen LogP contribution in [0.3, 0.4) is 0 Å². The van der Waals surface area contributed by atoms with Gasteiger partial charge in [0.2, 0.25) is 0 Å². The van der Waals surface area contributed by atoms with Crippen molar-refractivity contribution in [1.29, 1.82) is 0 Å². The lowest BCUT2D eigenvalue weighted by molar-refractivity contribution is -0.137. The topological polar surface area (TPSA) is 20.7 Å². The Morgan fingerprint density at radius 3 is 2.38 bits per heavy atom. The van der Waals surface area contributed by atoms with Gasteiger partial charge in [-0.2, -0.15) is 13.2 Å². The summed E-state index contributed by atoms with van der Waals surface area (Å²) in [4.78, 5) is 2.94. The fourth-order valence-corrected chi connectivity index (χ4v) is 3.54. The Hall–Kier alpha value is -1.30. The summed E-state index contributed by atoms with van der Waals surface area (Å²) in [6.07, 6.45) is 2.52. The summed E-state index contributed by atoms with van der Waals surface area (Å²) in [5, 5.41) is 0.